The Hall–Kier alpha value is -1.61. The van der Waals surface area contributed by atoms with E-state index in [0.717, 1.165) is 19.4 Å². The van der Waals surface area contributed by atoms with Crippen molar-refractivity contribution >= 4 is 11.9 Å². The third-order valence-corrected chi connectivity index (χ3v) is 4.18. The molecule has 21 heavy (non-hydrogen) atoms. The molecular weight excluding hydrogens is 270 g/mol. The standard InChI is InChI=1S/C15H25N3O3/c1-3-6-15(14(20)21)7-4-10-18(12-15)11-13(19)17(2)9-5-8-16/h3-7,9-12H2,1-2H3,(H,20,21). The van der Waals surface area contributed by atoms with Gasteiger partial charge in [-0.15, -0.1) is 0 Å². The van der Waals surface area contributed by atoms with Gasteiger partial charge in [-0.3, -0.25) is 14.5 Å². The van der Waals surface area contributed by atoms with Crippen LogP contribution in [0.3, 0.4) is 0 Å². The van der Waals surface area contributed by atoms with Gasteiger partial charge in [-0.2, -0.15) is 5.26 Å². The first-order chi connectivity index (χ1) is 9.95. The molecule has 0 aromatic heterocycles. The van der Waals surface area contributed by atoms with E-state index in [1.807, 2.05) is 17.9 Å². The van der Waals surface area contributed by atoms with Crippen molar-refractivity contribution in [1.82, 2.24) is 9.80 Å². The van der Waals surface area contributed by atoms with Crippen LogP contribution in [0.25, 0.3) is 0 Å². The number of hydrogen-bond donors (Lipinski definition) is 1. The second kappa shape index (κ2) is 7.99. The lowest BCUT2D eigenvalue weighted by Gasteiger charge is -2.40. The first-order valence-electron chi connectivity index (χ1n) is 7.52. The van der Waals surface area contributed by atoms with Crippen LogP contribution in [-0.4, -0.2) is 60.0 Å². The van der Waals surface area contributed by atoms with Gasteiger partial charge < -0.3 is 10.0 Å². The van der Waals surface area contributed by atoms with Crippen LogP contribution in [0, 0.1) is 16.7 Å². The van der Waals surface area contributed by atoms with Crippen molar-refractivity contribution in [3.8, 4) is 6.07 Å². The van der Waals surface area contributed by atoms with Gasteiger partial charge in [-0.05, 0) is 25.8 Å². The zero-order chi connectivity index (χ0) is 15.9. The minimum absolute atomic E-state index is 0.0528. The molecule has 1 aliphatic rings. The van der Waals surface area contributed by atoms with Crippen LogP contribution in [0.5, 0.6) is 0 Å². The summed E-state index contributed by atoms with van der Waals surface area (Å²) in [6, 6.07) is 2.02. The fourth-order valence-corrected chi connectivity index (χ4v) is 2.98. The summed E-state index contributed by atoms with van der Waals surface area (Å²) in [5, 5.41) is 18.1. The SMILES string of the molecule is CCCC1(C(=O)O)CCCN(CC(=O)N(C)CCC#N)C1. The maximum Gasteiger partial charge on any atom is 0.310 e. The minimum atomic E-state index is -0.751. The number of hydrogen-bond acceptors (Lipinski definition) is 4. The lowest BCUT2D eigenvalue weighted by atomic mass is 9.76. The minimum Gasteiger partial charge on any atom is -0.481 e. The van der Waals surface area contributed by atoms with E-state index in [9.17, 15) is 14.7 Å². The number of rotatable bonds is 7. The molecule has 1 amide bonds. The van der Waals surface area contributed by atoms with Crippen molar-refractivity contribution in [2.45, 2.75) is 39.0 Å². The Labute approximate surface area is 126 Å². The lowest BCUT2D eigenvalue weighted by molar-refractivity contribution is -0.154. The maximum atomic E-state index is 12.1. The summed E-state index contributed by atoms with van der Waals surface area (Å²) in [7, 11) is 1.68. The Balaban J connectivity index is 2.62. The first kappa shape index (κ1) is 17.4. The number of nitriles is 1. The molecule has 0 saturated carbocycles. The molecule has 1 atom stereocenters. The Morgan fingerprint density at radius 2 is 2.19 bits per heavy atom. The first-order valence-corrected chi connectivity index (χ1v) is 7.52. The van der Waals surface area contributed by atoms with E-state index < -0.39 is 11.4 Å². The predicted molar refractivity (Wildman–Crippen MR) is 78.5 cm³/mol. The van der Waals surface area contributed by atoms with Gasteiger partial charge >= 0.3 is 5.97 Å². The molecule has 1 unspecified atom stereocenters. The number of carboxylic acid groups (broad SMARTS) is 1. The monoisotopic (exact) mass is 295 g/mol. The van der Waals surface area contributed by atoms with Crippen LogP contribution in [0.1, 0.15) is 39.0 Å². The molecule has 0 aromatic rings. The van der Waals surface area contributed by atoms with Crippen LogP contribution in [0.2, 0.25) is 0 Å². The normalized spacial score (nSPS) is 22.5. The number of nitrogens with zero attached hydrogens (tertiary/aromatic N) is 3. The van der Waals surface area contributed by atoms with Gasteiger partial charge in [-0.25, -0.2) is 0 Å². The van der Waals surface area contributed by atoms with E-state index in [4.69, 9.17) is 5.26 Å². The van der Waals surface area contributed by atoms with Crippen molar-refractivity contribution < 1.29 is 14.7 Å². The molecule has 1 aliphatic heterocycles. The lowest BCUT2D eigenvalue weighted by Crippen LogP contribution is -2.50. The number of carbonyl (C=O) groups is 2. The molecule has 1 heterocycles. The molecule has 0 aromatic carbocycles. The van der Waals surface area contributed by atoms with Gasteiger partial charge in [0.2, 0.25) is 5.91 Å². The van der Waals surface area contributed by atoms with E-state index in [0.29, 0.717) is 32.4 Å². The molecule has 1 N–H and O–H groups in total. The van der Waals surface area contributed by atoms with Crippen LogP contribution >= 0.6 is 0 Å². The zero-order valence-corrected chi connectivity index (χ0v) is 13.0. The molecule has 1 rings (SSSR count). The number of carbonyl (C=O) groups excluding carboxylic acids is 1. The van der Waals surface area contributed by atoms with E-state index in [1.54, 1.807) is 11.9 Å². The van der Waals surface area contributed by atoms with E-state index >= 15 is 0 Å². The summed E-state index contributed by atoms with van der Waals surface area (Å²) in [5.41, 5.74) is -0.710. The third kappa shape index (κ3) is 4.71. The van der Waals surface area contributed by atoms with Crippen molar-refractivity contribution in [1.29, 1.82) is 5.26 Å². The molecule has 0 radical (unpaired) electrons. The van der Waals surface area contributed by atoms with Crippen LogP contribution in [0.15, 0.2) is 0 Å². The van der Waals surface area contributed by atoms with Crippen molar-refractivity contribution in [3.05, 3.63) is 0 Å². The summed E-state index contributed by atoms with van der Waals surface area (Å²) in [5.74, 6) is -0.803. The van der Waals surface area contributed by atoms with Crippen molar-refractivity contribution in [3.63, 3.8) is 0 Å². The highest BCUT2D eigenvalue weighted by Gasteiger charge is 2.41. The number of carboxylic acids is 1. The van der Waals surface area contributed by atoms with Crippen LogP contribution in [-0.2, 0) is 9.59 Å². The smallest absolute Gasteiger partial charge is 0.310 e. The van der Waals surface area contributed by atoms with E-state index in [2.05, 4.69) is 0 Å². The quantitative estimate of drug-likeness (QED) is 0.766. The maximum absolute atomic E-state index is 12.1. The molecule has 1 fully saturated rings. The van der Waals surface area contributed by atoms with Crippen LogP contribution < -0.4 is 0 Å². The Bertz CT molecular complexity index is 415. The Morgan fingerprint density at radius 1 is 1.48 bits per heavy atom. The van der Waals surface area contributed by atoms with E-state index in [-0.39, 0.29) is 12.5 Å². The summed E-state index contributed by atoms with van der Waals surface area (Å²) < 4.78 is 0. The van der Waals surface area contributed by atoms with Crippen molar-refractivity contribution in [2.75, 3.05) is 33.2 Å². The predicted octanol–water partition coefficient (Wildman–Crippen LogP) is 1.33. The molecule has 0 spiro atoms. The average molecular weight is 295 g/mol. The average Bonchev–Trinajstić information content (AvgIpc) is 2.45. The largest absolute Gasteiger partial charge is 0.481 e. The fourth-order valence-electron chi connectivity index (χ4n) is 2.98. The number of likely N-dealkylation sites (tertiary alicyclic amines) is 1. The molecule has 0 aliphatic carbocycles. The number of amides is 1. The van der Waals surface area contributed by atoms with Gasteiger partial charge in [0.15, 0.2) is 0 Å². The van der Waals surface area contributed by atoms with E-state index in [1.165, 1.54) is 0 Å². The Kier molecular flexibility index (Phi) is 6.63. The zero-order valence-electron chi connectivity index (χ0n) is 13.0. The van der Waals surface area contributed by atoms with Crippen LogP contribution in [0.4, 0.5) is 0 Å². The van der Waals surface area contributed by atoms with Gasteiger partial charge in [0.05, 0.1) is 24.4 Å². The molecule has 6 heteroatoms. The summed E-state index contributed by atoms with van der Waals surface area (Å²) in [4.78, 5) is 27.2. The summed E-state index contributed by atoms with van der Waals surface area (Å²) in [6.45, 7) is 3.85. The fraction of sp³-hybridized carbons (Fsp3) is 0.800. The molecule has 0 bridgehead atoms. The summed E-state index contributed by atoms with van der Waals surface area (Å²) in [6.07, 6.45) is 3.29. The Morgan fingerprint density at radius 3 is 2.76 bits per heavy atom. The number of piperidine rings is 1. The van der Waals surface area contributed by atoms with Gasteiger partial charge in [0, 0.05) is 20.1 Å². The number of likely N-dealkylation sites (N-methyl/N-ethyl adjacent to an activating group) is 1. The summed E-state index contributed by atoms with van der Waals surface area (Å²) >= 11 is 0. The highest BCUT2D eigenvalue weighted by Crippen LogP contribution is 2.34. The van der Waals surface area contributed by atoms with Gasteiger partial charge in [0.1, 0.15) is 0 Å². The van der Waals surface area contributed by atoms with Gasteiger partial charge in [0.25, 0.3) is 0 Å². The second-order valence-corrected chi connectivity index (χ2v) is 5.87. The highest BCUT2D eigenvalue weighted by molar-refractivity contribution is 5.78. The second-order valence-electron chi connectivity index (χ2n) is 5.87. The molecule has 118 valence electrons. The molecular formula is C15H25N3O3. The topological polar surface area (TPSA) is 84.6 Å². The molecule has 6 nitrogen and oxygen atoms in total. The highest BCUT2D eigenvalue weighted by atomic mass is 16.4. The third-order valence-electron chi connectivity index (χ3n) is 4.18. The van der Waals surface area contributed by atoms with Crippen molar-refractivity contribution in [2.24, 2.45) is 5.41 Å². The molecule has 1 saturated heterocycles. The van der Waals surface area contributed by atoms with Gasteiger partial charge in [-0.1, -0.05) is 13.3 Å². The number of aliphatic carboxylic acids is 1.